The van der Waals surface area contributed by atoms with Crippen molar-refractivity contribution in [2.75, 3.05) is 11.9 Å². The first kappa shape index (κ1) is 12.5. The first-order chi connectivity index (χ1) is 8.60. The summed E-state index contributed by atoms with van der Waals surface area (Å²) in [7, 11) is 1.90. The van der Waals surface area contributed by atoms with Gasteiger partial charge in [0.2, 0.25) is 0 Å². The van der Waals surface area contributed by atoms with E-state index in [0.717, 1.165) is 29.4 Å². The van der Waals surface area contributed by atoms with Crippen LogP contribution in [0.5, 0.6) is 0 Å². The molecule has 0 aliphatic heterocycles. The lowest BCUT2D eigenvalue weighted by molar-refractivity contribution is 0.767. The van der Waals surface area contributed by atoms with Gasteiger partial charge in [-0.05, 0) is 6.92 Å². The van der Waals surface area contributed by atoms with Gasteiger partial charge in [-0.3, -0.25) is 4.68 Å². The van der Waals surface area contributed by atoms with E-state index in [-0.39, 0.29) is 0 Å². The van der Waals surface area contributed by atoms with Gasteiger partial charge in [0.15, 0.2) is 0 Å². The standard InChI is InChI=1S/C13H19N5/c1-5-14-12-6-11(10-7-15-18(4)8-10)16-13(17-12)9(2)3/h6-9H,5H2,1-4H3,(H,14,16,17). The normalized spacial score (nSPS) is 10.9. The Hall–Kier alpha value is -1.91. The van der Waals surface area contributed by atoms with Crippen LogP contribution in [-0.2, 0) is 7.05 Å². The third kappa shape index (κ3) is 2.67. The molecule has 1 N–H and O–H groups in total. The second kappa shape index (κ2) is 5.16. The second-order valence-corrected chi connectivity index (χ2v) is 4.58. The van der Waals surface area contributed by atoms with Crippen LogP contribution in [0.25, 0.3) is 11.3 Å². The molecular weight excluding hydrogens is 226 g/mol. The fourth-order valence-corrected chi connectivity index (χ4v) is 1.70. The average Bonchev–Trinajstić information content (AvgIpc) is 2.76. The SMILES string of the molecule is CCNc1cc(-c2cnn(C)c2)nc(C(C)C)n1. The Kier molecular flexibility index (Phi) is 3.60. The van der Waals surface area contributed by atoms with Gasteiger partial charge in [0, 0.05) is 37.3 Å². The molecule has 0 bridgehead atoms. The molecule has 5 nitrogen and oxygen atoms in total. The predicted octanol–water partition coefficient (Wildman–Crippen LogP) is 2.43. The minimum absolute atomic E-state index is 0.305. The summed E-state index contributed by atoms with van der Waals surface area (Å²) < 4.78 is 1.78. The van der Waals surface area contributed by atoms with E-state index in [0.29, 0.717) is 5.92 Å². The van der Waals surface area contributed by atoms with E-state index in [1.54, 1.807) is 4.68 Å². The highest BCUT2D eigenvalue weighted by molar-refractivity contribution is 5.61. The molecule has 0 radical (unpaired) electrons. The number of nitrogens with one attached hydrogen (secondary N) is 1. The Morgan fingerprint density at radius 1 is 1.33 bits per heavy atom. The Labute approximate surface area is 107 Å². The molecule has 18 heavy (non-hydrogen) atoms. The topological polar surface area (TPSA) is 55.6 Å². The van der Waals surface area contributed by atoms with Crippen LogP contribution in [0.1, 0.15) is 32.5 Å². The lowest BCUT2D eigenvalue weighted by Crippen LogP contribution is -2.05. The predicted molar refractivity (Wildman–Crippen MR) is 72.5 cm³/mol. The van der Waals surface area contributed by atoms with Crippen molar-refractivity contribution in [1.29, 1.82) is 0 Å². The van der Waals surface area contributed by atoms with E-state index >= 15 is 0 Å². The van der Waals surface area contributed by atoms with Crippen molar-refractivity contribution < 1.29 is 0 Å². The van der Waals surface area contributed by atoms with Crippen molar-refractivity contribution in [3.63, 3.8) is 0 Å². The van der Waals surface area contributed by atoms with Crippen LogP contribution >= 0.6 is 0 Å². The summed E-state index contributed by atoms with van der Waals surface area (Å²) in [4.78, 5) is 9.10. The van der Waals surface area contributed by atoms with Gasteiger partial charge in [-0.25, -0.2) is 9.97 Å². The lowest BCUT2D eigenvalue weighted by Gasteiger charge is -2.09. The van der Waals surface area contributed by atoms with Gasteiger partial charge in [0.1, 0.15) is 11.6 Å². The molecular formula is C13H19N5. The molecule has 2 rings (SSSR count). The van der Waals surface area contributed by atoms with Gasteiger partial charge >= 0.3 is 0 Å². The third-order valence-corrected chi connectivity index (χ3v) is 2.62. The number of hydrogen-bond acceptors (Lipinski definition) is 4. The molecule has 0 aromatic carbocycles. The van der Waals surface area contributed by atoms with Crippen LogP contribution in [0.4, 0.5) is 5.82 Å². The van der Waals surface area contributed by atoms with Crippen LogP contribution in [0.3, 0.4) is 0 Å². The maximum Gasteiger partial charge on any atom is 0.133 e. The summed E-state index contributed by atoms with van der Waals surface area (Å²) in [5, 5.41) is 7.42. The number of aromatic nitrogens is 4. The van der Waals surface area contributed by atoms with Crippen molar-refractivity contribution in [3.05, 3.63) is 24.3 Å². The molecule has 2 aromatic rings. The molecule has 0 saturated carbocycles. The highest BCUT2D eigenvalue weighted by Gasteiger charge is 2.10. The molecule has 0 spiro atoms. The Bertz CT molecular complexity index is 530. The van der Waals surface area contributed by atoms with Crippen LogP contribution in [0, 0.1) is 0 Å². The molecule has 0 amide bonds. The Morgan fingerprint density at radius 2 is 2.11 bits per heavy atom. The summed E-state index contributed by atoms with van der Waals surface area (Å²) in [5.74, 6) is 2.03. The van der Waals surface area contributed by atoms with E-state index in [2.05, 4.69) is 41.2 Å². The molecule has 0 unspecified atom stereocenters. The quantitative estimate of drug-likeness (QED) is 0.898. The van der Waals surface area contributed by atoms with Gasteiger partial charge in [0.25, 0.3) is 0 Å². The van der Waals surface area contributed by atoms with E-state index in [4.69, 9.17) is 0 Å². The lowest BCUT2D eigenvalue weighted by atomic mass is 10.2. The zero-order chi connectivity index (χ0) is 13.1. The van der Waals surface area contributed by atoms with E-state index in [1.165, 1.54) is 0 Å². The first-order valence-electron chi connectivity index (χ1n) is 6.22. The highest BCUT2D eigenvalue weighted by Crippen LogP contribution is 2.21. The molecule has 2 heterocycles. The van der Waals surface area contributed by atoms with Gasteiger partial charge in [-0.2, -0.15) is 5.10 Å². The first-order valence-corrected chi connectivity index (χ1v) is 6.22. The number of anilines is 1. The summed E-state index contributed by atoms with van der Waals surface area (Å²) in [5.41, 5.74) is 1.93. The Morgan fingerprint density at radius 3 is 2.67 bits per heavy atom. The van der Waals surface area contributed by atoms with Crippen molar-refractivity contribution in [1.82, 2.24) is 19.7 Å². The molecule has 5 heteroatoms. The fraction of sp³-hybridized carbons (Fsp3) is 0.462. The summed E-state index contributed by atoms with van der Waals surface area (Å²) in [6.45, 7) is 7.10. The maximum absolute atomic E-state index is 4.59. The van der Waals surface area contributed by atoms with Crippen molar-refractivity contribution >= 4 is 5.82 Å². The number of rotatable bonds is 4. The van der Waals surface area contributed by atoms with Crippen LogP contribution in [0.15, 0.2) is 18.5 Å². The minimum atomic E-state index is 0.305. The van der Waals surface area contributed by atoms with E-state index < -0.39 is 0 Å². The van der Waals surface area contributed by atoms with Crippen molar-refractivity contribution in [2.24, 2.45) is 7.05 Å². The highest BCUT2D eigenvalue weighted by atomic mass is 15.2. The molecule has 2 aromatic heterocycles. The molecule has 0 saturated heterocycles. The molecule has 0 aliphatic carbocycles. The van der Waals surface area contributed by atoms with Gasteiger partial charge in [-0.15, -0.1) is 0 Å². The van der Waals surface area contributed by atoms with Crippen LogP contribution < -0.4 is 5.32 Å². The maximum atomic E-state index is 4.59. The zero-order valence-electron chi connectivity index (χ0n) is 11.3. The smallest absolute Gasteiger partial charge is 0.133 e. The summed E-state index contributed by atoms with van der Waals surface area (Å²) in [6.07, 6.45) is 3.78. The Balaban J connectivity index is 2.45. The van der Waals surface area contributed by atoms with E-state index in [9.17, 15) is 0 Å². The molecule has 0 fully saturated rings. The van der Waals surface area contributed by atoms with E-state index in [1.807, 2.05) is 25.5 Å². The van der Waals surface area contributed by atoms with Crippen molar-refractivity contribution in [2.45, 2.75) is 26.7 Å². The monoisotopic (exact) mass is 245 g/mol. The van der Waals surface area contributed by atoms with Crippen molar-refractivity contribution in [3.8, 4) is 11.3 Å². The molecule has 0 atom stereocenters. The molecule has 0 aliphatic rings. The number of hydrogen-bond donors (Lipinski definition) is 1. The van der Waals surface area contributed by atoms with Gasteiger partial charge < -0.3 is 5.32 Å². The number of nitrogens with zero attached hydrogens (tertiary/aromatic N) is 4. The third-order valence-electron chi connectivity index (χ3n) is 2.62. The minimum Gasteiger partial charge on any atom is -0.370 e. The summed E-state index contributed by atoms with van der Waals surface area (Å²) in [6, 6.07) is 1.96. The second-order valence-electron chi connectivity index (χ2n) is 4.58. The zero-order valence-corrected chi connectivity index (χ0v) is 11.3. The molecule has 96 valence electrons. The van der Waals surface area contributed by atoms with Crippen LogP contribution in [0.2, 0.25) is 0 Å². The van der Waals surface area contributed by atoms with Gasteiger partial charge in [0.05, 0.1) is 11.9 Å². The average molecular weight is 245 g/mol. The number of aryl methyl sites for hydroxylation is 1. The fourth-order valence-electron chi connectivity index (χ4n) is 1.70. The van der Waals surface area contributed by atoms with Gasteiger partial charge in [-0.1, -0.05) is 13.8 Å². The summed E-state index contributed by atoms with van der Waals surface area (Å²) >= 11 is 0. The largest absolute Gasteiger partial charge is 0.370 e. The van der Waals surface area contributed by atoms with Crippen LogP contribution in [-0.4, -0.2) is 26.3 Å².